The average Bonchev–Trinajstić information content (AvgIpc) is 3.19. The van der Waals surface area contributed by atoms with Crippen LogP contribution in [0.1, 0.15) is 0 Å². The highest BCUT2D eigenvalue weighted by atomic mass is 14.2. The first-order valence-electron chi connectivity index (χ1n) is 17.3. The zero-order valence-electron chi connectivity index (χ0n) is 27.5. The lowest BCUT2D eigenvalue weighted by Crippen LogP contribution is -1.89. The van der Waals surface area contributed by atoms with Gasteiger partial charge in [-0.3, -0.25) is 0 Å². The second kappa shape index (κ2) is 11.6. The Morgan fingerprint density at radius 1 is 0.180 bits per heavy atom. The van der Waals surface area contributed by atoms with E-state index in [1.165, 1.54) is 98.4 Å². The number of fused-ring (bicyclic) bond motifs is 5. The van der Waals surface area contributed by atoms with E-state index in [0.717, 1.165) is 0 Å². The lowest BCUT2D eigenvalue weighted by Gasteiger charge is -2.15. The van der Waals surface area contributed by atoms with Crippen LogP contribution in [0.15, 0.2) is 194 Å². The minimum atomic E-state index is 1.22. The molecular formula is C50H32. The summed E-state index contributed by atoms with van der Waals surface area (Å²) in [4.78, 5) is 0. The normalized spacial score (nSPS) is 11.6. The number of rotatable bonds is 4. The molecule has 0 unspecified atom stereocenters. The van der Waals surface area contributed by atoms with Gasteiger partial charge in [-0.15, -0.1) is 0 Å². The van der Waals surface area contributed by atoms with E-state index in [1.54, 1.807) is 0 Å². The summed E-state index contributed by atoms with van der Waals surface area (Å²) >= 11 is 0. The molecule has 10 rings (SSSR count). The summed E-state index contributed by atoms with van der Waals surface area (Å²) in [6.07, 6.45) is 0. The summed E-state index contributed by atoms with van der Waals surface area (Å²) in [6.45, 7) is 0. The first kappa shape index (κ1) is 28.5. The molecule has 0 saturated carbocycles. The maximum Gasteiger partial charge on any atom is -0.00930 e. The van der Waals surface area contributed by atoms with Crippen molar-refractivity contribution in [3.63, 3.8) is 0 Å². The quantitative estimate of drug-likeness (QED) is 0.181. The Labute approximate surface area is 291 Å². The highest BCUT2D eigenvalue weighted by Gasteiger charge is 2.13. The molecular weight excluding hydrogens is 601 g/mol. The fourth-order valence-electron chi connectivity index (χ4n) is 7.72. The fourth-order valence-corrected chi connectivity index (χ4v) is 7.72. The Hall–Kier alpha value is -6.50. The van der Waals surface area contributed by atoms with Gasteiger partial charge in [0.15, 0.2) is 0 Å². The molecule has 0 fully saturated rings. The molecule has 0 nitrogen and oxygen atoms in total. The van der Waals surface area contributed by atoms with Gasteiger partial charge in [-0.1, -0.05) is 158 Å². The van der Waals surface area contributed by atoms with Crippen molar-refractivity contribution in [2.24, 2.45) is 0 Å². The van der Waals surface area contributed by atoms with Crippen molar-refractivity contribution < 1.29 is 0 Å². The van der Waals surface area contributed by atoms with Gasteiger partial charge in [0.05, 0.1) is 0 Å². The fraction of sp³-hybridized carbons (Fsp3) is 0. The number of hydrogen-bond donors (Lipinski definition) is 0. The Morgan fingerprint density at radius 3 is 0.940 bits per heavy atom. The van der Waals surface area contributed by atoms with Crippen LogP contribution in [0.2, 0.25) is 0 Å². The highest BCUT2D eigenvalue weighted by Crippen LogP contribution is 2.40. The minimum absolute atomic E-state index is 1.22. The van der Waals surface area contributed by atoms with Gasteiger partial charge in [-0.25, -0.2) is 0 Å². The molecule has 0 saturated heterocycles. The van der Waals surface area contributed by atoms with Crippen LogP contribution in [-0.4, -0.2) is 0 Å². The van der Waals surface area contributed by atoms with Crippen molar-refractivity contribution in [1.82, 2.24) is 0 Å². The van der Waals surface area contributed by atoms with Crippen LogP contribution in [0.3, 0.4) is 0 Å². The summed E-state index contributed by atoms with van der Waals surface area (Å²) in [7, 11) is 0. The van der Waals surface area contributed by atoms with E-state index in [-0.39, 0.29) is 0 Å². The van der Waals surface area contributed by atoms with Crippen molar-refractivity contribution in [2.75, 3.05) is 0 Å². The second-order valence-corrected chi connectivity index (χ2v) is 13.4. The first-order valence-corrected chi connectivity index (χ1v) is 17.3. The zero-order chi connectivity index (χ0) is 33.0. The van der Waals surface area contributed by atoms with Crippen LogP contribution in [-0.2, 0) is 0 Å². The molecule has 10 aromatic rings. The van der Waals surface area contributed by atoms with Crippen molar-refractivity contribution in [3.8, 4) is 44.5 Å². The van der Waals surface area contributed by atoms with Crippen LogP contribution in [0.5, 0.6) is 0 Å². The molecule has 0 heterocycles. The van der Waals surface area contributed by atoms with Crippen molar-refractivity contribution in [2.45, 2.75) is 0 Å². The molecule has 0 atom stereocenters. The minimum Gasteiger partial charge on any atom is -0.0616 e. The molecule has 0 spiro atoms. The maximum absolute atomic E-state index is 2.40. The lowest BCUT2D eigenvalue weighted by atomic mass is 9.88. The summed E-state index contributed by atoms with van der Waals surface area (Å²) < 4.78 is 0. The van der Waals surface area contributed by atoms with Gasteiger partial charge in [0.2, 0.25) is 0 Å². The van der Waals surface area contributed by atoms with Crippen LogP contribution in [0.25, 0.3) is 98.4 Å². The Morgan fingerprint density at radius 2 is 0.480 bits per heavy atom. The van der Waals surface area contributed by atoms with Crippen LogP contribution in [0, 0.1) is 0 Å². The summed E-state index contributed by atoms with van der Waals surface area (Å²) in [5, 5.41) is 12.6. The van der Waals surface area contributed by atoms with Crippen LogP contribution in [0.4, 0.5) is 0 Å². The van der Waals surface area contributed by atoms with E-state index in [2.05, 4.69) is 194 Å². The van der Waals surface area contributed by atoms with Gasteiger partial charge in [-0.2, -0.15) is 0 Å². The third kappa shape index (κ3) is 4.93. The highest BCUT2D eigenvalue weighted by molar-refractivity contribution is 6.08. The molecule has 232 valence electrons. The molecule has 0 radical (unpaired) electrons. The largest absolute Gasteiger partial charge is 0.0616 e. The van der Waals surface area contributed by atoms with Crippen LogP contribution >= 0.6 is 0 Å². The molecule has 0 aromatic heterocycles. The van der Waals surface area contributed by atoms with E-state index in [1.807, 2.05) is 0 Å². The zero-order valence-corrected chi connectivity index (χ0v) is 27.5. The van der Waals surface area contributed by atoms with E-state index < -0.39 is 0 Å². The summed E-state index contributed by atoms with van der Waals surface area (Å²) in [6, 6.07) is 71.5. The van der Waals surface area contributed by atoms with E-state index >= 15 is 0 Å². The lowest BCUT2D eigenvalue weighted by molar-refractivity contribution is 1.63. The smallest absolute Gasteiger partial charge is 0.00930 e. The van der Waals surface area contributed by atoms with E-state index in [4.69, 9.17) is 0 Å². The maximum atomic E-state index is 2.40. The molecule has 0 heteroatoms. The molecule has 10 aromatic carbocycles. The predicted octanol–water partition coefficient (Wildman–Crippen LogP) is 14.1. The van der Waals surface area contributed by atoms with Gasteiger partial charge in [0.25, 0.3) is 0 Å². The third-order valence-corrected chi connectivity index (χ3v) is 10.4. The van der Waals surface area contributed by atoms with E-state index in [9.17, 15) is 0 Å². The molecule has 0 bridgehead atoms. The average molecular weight is 633 g/mol. The molecule has 0 amide bonds. The van der Waals surface area contributed by atoms with Crippen molar-refractivity contribution in [3.05, 3.63) is 194 Å². The molecule has 0 aliphatic heterocycles. The monoisotopic (exact) mass is 632 g/mol. The van der Waals surface area contributed by atoms with Gasteiger partial charge >= 0.3 is 0 Å². The predicted molar refractivity (Wildman–Crippen MR) is 216 cm³/mol. The Bertz CT molecular complexity index is 2930. The molecule has 0 aliphatic rings. The van der Waals surface area contributed by atoms with Gasteiger partial charge in [-0.05, 0) is 135 Å². The molecule has 0 N–H and O–H groups in total. The molecule has 50 heavy (non-hydrogen) atoms. The van der Waals surface area contributed by atoms with Gasteiger partial charge < -0.3 is 0 Å². The molecule has 0 aliphatic carbocycles. The number of benzene rings is 10. The standard InChI is InChI=1S/C50H32/c1-4-10-36-27-39(16-13-33(36)7-1)40-17-18-42-29-43(20-19-41(42)28-40)44-23-24-49-47(45-21-14-34-8-2-5-11-37(34)30-45)25-26-48(50(49)32-44)46-22-15-35-9-3-6-12-38(35)31-46/h1-32H. The summed E-state index contributed by atoms with van der Waals surface area (Å²) in [5.74, 6) is 0. The Balaban J connectivity index is 1.11. The van der Waals surface area contributed by atoms with Crippen LogP contribution < -0.4 is 0 Å². The number of hydrogen-bond acceptors (Lipinski definition) is 0. The van der Waals surface area contributed by atoms with E-state index in [0.29, 0.717) is 0 Å². The van der Waals surface area contributed by atoms with Crippen molar-refractivity contribution >= 4 is 53.9 Å². The third-order valence-electron chi connectivity index (χ3n) is 10.4. The topological polar surface area (TPSA) is 0 Å². The summed E-state index contributed by atoms with van der Waals surface area (Å²) in [5.41, 5.74) is 9.89. The van der Waals surface area contributed by atoms with Crippen molar-refractivity contribution in [1.29, 1.82) is 0 Å². The SMILES string of the molecule is c1ccc2cc(-c3ccc4cc(-c5ccc6c(-c7ccc8ccccc8c7)ccc(-c7ccc8ccccc8c7)c6c5)ccc4c3)ccc2c1. The van der Waals surface area contributed by atoms with Gasteiger partial charge in [0, 0.05) is 0 Å². The second-order valence-electron chi connectivity index (χ2n) is 13.4. The van der Waals surface area contributed by atoms with Gasteiger partial charge in [0.1, 0.15) is 0 Å². The first-order chi connectivity index (χ1) is 24.7. The Kier molecular flexibility index (Phi) is 6.60.